The minimum atomic E-state index is -0.225. The lowest BCUT2D eigenvalue weighted by atomic mass is 9.97. The summed E-state index contributed by atoms with van der Waals surface area (Å²) in [7, 11) is 0. The van der Waals surface area contributed by atoms with Crippen molar-refractivity contribution >= 4 is 18.6 Å². The first-order valence-corrected chi connectivity index (χ1v) is 6.71. The fraction of sp³-hybridized carbons (Fsp3) is 0.235. The first kappa shape index (κ1) is 16.3. The summed E-state index contributed by atoms with van der Waals surface area (Å²) in [4.78, 5) is 13.0. The van der Waals surface area contributed by atoms with E-state index >= 15 is 0 Å². The largest absolute Gasteiger partial charge is 0.426 e. The van der Waals surface area contributed by atoms with Crippen LogP contribution in [0.3, 0.4) is 0 Å². The first-order chi connectivity index (χ1) is 9.20. The van der Waals surface area contributed by atoms with Crippen molar-refractivity contribution in [2.75, 3.05) is 0 Å². The predicted molar refractivity (Wildman–Crippen MR) is 85.5 cm³/mol. The van der Waals surface area contributed by atoms with Gasteiger partial charge >= 0.3 is 5.97 Å². The Kier molecular flexibility index (Phi) is 6.32. The van der Waals surface area contributed by atoms with Crippen molar-refractivity contribution in [3.05, 3.63) is 60.2 Å². The maximum absolute atomic E-state index is 12.2. The lowest BCUT2D eigenvalue weighted by molar-refractivity contribution is -0.136. The Balaban J connectivity index is 0.00000200. The van der Waals surface area contributed by atoms with Crippen LogP contribution in [0.25, 0.3) is 0 Å². The van der Waals surface area contributed by atoms with Gasteiger partial charge in [-0.2, -0.15) is 0 Å². The van der Waals surface area contributed by atoms with Gasteiger partial charge in [0.2, 0.25) is 0 Å². The van der Waals surface area contributed by atoms with Gasteiger partial charge in [-0.25, -0.2) is 0 Å². The van der Waals surface area contributed by atoms with Crippen molar-refractivity contribution in [2.24, 2.45) is 0 Å². The molecule has 0 aliphatic heterocycles. The molecular weight excluding hydrogens is 268 g/mol. The number of benzene rings is 2. The monoisotopic (exact) mass is 288 g/mol. The zero-order valence-electron chi connectivity index (χ0n) is 10.7. The van der Waals surface area contributed by atoms with Crippen molar-refractivity contribution in [3.63, 3.8) is 0 Å². The highest BCUT2D eigenvalue weighted by Crippen LogP contribution is 2.23. The normalized spacial score (nSPS) is 11.3. The highest BCUT2D eigenvalue weighted by atomic mass is 32.1. The van der Waals surface area contributed by atoms with Gasteiger partial charge in [0, 0.05) is 4.90 Å². The molecule has 0 aliphatic carbocycles. The fourth-order valence-electron chi connectivity index (χ4n) is 1.93. The van der Waals surface area contributed by atoms with E-state index in [1.807, 2.05) is 37.3 Å². The quantitative estimate of drug-likeness (QED) is 0.501. The Labute approximate surface area is 126 Å². The predicted octanol–water partition coefficient (Wildman–Crippen LogP) is 4.71. The second kappa shape index (κ2) is 7.75. The number of ether oxygens (including phenoxy) is 1. The second-order valence-corrected chi connectivity index (χ2v) is 4.80. The number of rotatable bonds is 4. The Morgan fingerprint density at radius 3 is 2.25 bits per heavy atom. The summed E-state index contributed by atoms with van der Waals surface area (Å²) >= 11 is 4.20. The van der Waals surface area contributed by atoms with Crippen LogP contribution in [-0.4, -0.2) is 5.97 Å². The van der Waals surface area contributed by atoms with Crippen LogP contribution < -0.4 is 4.74 Å². The van der Waals surface area contributed by atoms with Crippen LogP contribution >= 0.6 is 12.6 Å². The maximum Gasteiger partial charge on any atom is 0.318 e. The van der Waals surface area contributed by atoms with E-state index in [0.29, 0.717) is 12.2 Å². The van der Waals surface area contributed by atoms with Gasteiger partial charge in [-0.3, -0.25) is 4.79 Å². The van der Waals surface area contributed by atoms with Crippen LogP contribution in [-0.2, 0) is 4.79 Å². The molecule has 0 bridgehead atoms. The van der Waals surface area contributed by atoms with Crippen LogP contribution in [0.1, 0.15) is 32.3 Å². The van der Waals surface area contributed by atoms with E-state index in [0.717, 1.165) is 10.5 Å². The first-order valence-electron chi connectivity index (χ1n) is 6.26. The van der Waals surface area contributed by atoms with Crippen LogP contribution in [0.2, 0.25) is 0 Å². The summed E-state index contributed by atoms with van der Waals surface area (Å²) in [5, 5.41) is 0. The van der Waals surface area contributed by atoms with Gasteiger partial charge in [-0.05, 0) is 36.2 Å². The number of carbonyl (C=O) groups is 1. The third kappa shape index (κ3) is 4.14. The molecule has 2 rings (SSSR count). The molecule has 0 fully saturated rings. The molecule has 0 radical (unpaired) electrons. The average Bonchev–Trinajstić information content (AvgIpc) is 2.43. The van der Waals surface area contributed by atoms with E-state index in [2.05, 4.69) is 12.6 Å². The minimum Gasteiger partial charge on any atom is -0.426 e. The SMILES string of the molecule is C.CCC(C(=O)Oc1ccc(S)cc1)c1ccccc1. The van der Waals surface area contributed by atoms with Gasteiger partial charge in [-0.15, -0.1) is 12.6 Å². The summed E-state index contributed by atoms with van der Waals surface area (Å²) in [5.41, 5.74) is 0.987. The van der Waals surface area contributed by atoms with Gasteiger partial charge < -0.3 is 4.74 Å². The number of hydrogen-bond acceptors (Lipinski definition) is 3. The molecule has 0 aliphatic rings. The number of esters is 1. The molecule has 0 saturated carbocycles. The average molecular weight is 288 g/mol. The summed E-state index contributed by atoms with van der Waals surface area (Å²) in [6.07, 6.45) is 0.716. The van der Waals surface area contributed by atoms with Gasteiger partial charge in [0.25, 0.3) is 0 Å². The molecule has 1 atom stereocenters. The topological polar surface area (TPSA) is 26.3 Å². The highest BCUT2D eigenvalue weighted by molar-refractivity contribution is 7.80. The van der Waals surface area contributed by atoms with E-state index in [4.69, 9.17) is 4.74 Å². The van der Waals surface area contributed by atoms with Crippen molar-refractivity contribution in [3.8, 4) is 5.75 Å². The zero-order chi connectivity index (χ0) is 13.7. The van der Waals surface area contributed by atoms with Crippen molar-refractivity contribution < 1.29 is 9.53 Å². The van der Waals surface area contributed by atoms with E-state index in [1.54, 1.807) is 24.3 Å². The third-order valence-electron chi connectivity index (χ3n) is 2.95. The lowest BCUT2D eigenvalue weighted by Crippen LogP contribution is -2.18. The number of hydrogen-bond donors (Lipinski definition) is 1. The Hall–Kier alpha value is -1.74. The highest BCUT2D eigenvalue weighted by Gasteiger charge is 2.20. The molecule has 0 amide bonds. The van der Waals surface area contributed by atoms with Crippen molar-refractivity contribution in [2.45, 2.75) is 31.6 Å². The molecule has 1 unspecified atom stereocenters. The van der Waals surface area contributed by atoms with Crippen molar-refractivity contribution in [1.29, 1.82) is 0 Å². The maximum atomic E-state index is 12.2. The van der Waals surface area contributed by atoms with Crippen molar-refractivity contribution in [1.82, 2.24) is 0 Å². The van der Waals surface area contributed by atoms with Gasteiger partial charge in [0.05, 0.1) is 5.92 Å². The Bertz CT molecular complexity index is 535. The molecule has 0 spiro atoms. The van der Waals surface area contributed by atoms with Gasteiger partial charge in [0.15, 0.2) is 0 Å². The molecule has 3 heteroatoms. The number of carbonyl (C=O) groups excluding carboxylic acids is 1. The van der Waals surface area contributed by atoms with Crippen LogP contribution in [0, 0.1) is 0 Å². The molecular formula is C17H20O2S. The molecule has 0 heterocycles. The molecule has 2 aromatic carbocycles. The van der Waals surface area contributed by atoms with E-state index in [9.17, 15) is 4.79 Å². The minimum absolute atomic E-state index is 0. The second-order valence-electron chi connectivity index (χ2n) is 4.29. The molecule has 0 N–H and O–H groups in total. The van der Waals surface area contributed by atoms with Crippen LogP contribution in [0.15, 0.2) is 59.5 Å². The van der Waals surface area contributed by atoms with E-state index in [-0.39, 0.29) is 19.3 Å². The van der Waals surface area contributed by atoms with Gasteiger partial charge in [-0.1, -0.05) is 44.7 Å². The molecule has 0 saturated heterocycles. The van der Waals surface area contributed by atoms with E-state index in [1.165, 1.54) is 0 Å². The zero-order valence-corrected chi connectivity index (χ0v) is 11.6. The van der Waals surface area contributed by atoms with Crippen LogP contribution in [0.5, 0.6) is 5.75 Å². The molecule has 20 heavy (non-hydrogen) atoms. The molecule has 0 aromatic heterocycles. The molecule has 106 valence electrons. The number of thiol groups is 1. The third-order valence-corrected chi connectivity index (χ3v) is 3.25. The van der Waals surface area contributed by atoms with E-state index < -0.39 is 0 Å². The summed E-state index contributed by atoms with van der Waals surface area (Å²) in [6, 6.07) is 16.8. The van der Waals surface area contributed by atoms with Gasteiger partial charge in [0.1, 0.15) is 5.75 Å². The summed E-state index contributed by atoms with van der Waals surface area (Å²) < 4.78 is 5.40. The van der Waals surface area contributed by atoms with Crippen LogP contribution in [0.4, 0.5) is 0 Å². The Morgan fingerprint density at radius 2 is 1.70 bits per heavy atom. The fourth-order valence-corrected chi connectivity index (χ4v) is 2.07. The smallest absolute Gasteiger partial charge is 0.318 e. The summed E-state index contributed by atoms with van der Waals surface area (Å²) in [5.74, 6) is 0.106. The standard InChI is InChI=1S/C16H16O2S.CH4/c1-2-15(12-6-4-3-5-7-12)16(17)18-13-8-10-14(19)11-9-13;/h3-11,15,19H,2H2,1H3;1H4. The summed E-state index contributed by atoms with van der Waals surface area (Å²) in [6.45, 7) is 1.98. The Morgan fingerprint density at radius 1 is 1.10 bits per heavy atom. The molecule has 2 aromatic rings. The molecule has 2 nitrogen and oxygen atoms in total. The lowest BCUT2D eigenvalue weighted by Gasteiger charge is -2.14.